The first-order valence-corrected chi connectivity index (χ1v) is 13.0. The monoisotopic (exact) mass is 477 g/mol. The molecule has 36 heavy (non-hydrogen) atoms. The third kappa shape index (κ3) is 3.64. The Hall–Kier alpha value is -4.40. The van der Waals surface area contributed by atoms with Gasteiger partial charge in [-0.3, -0.25) is 0 Å². The number of thiophene rings is 1. The molecule has 0 bridgehead atoms. The first-order valence-electron chi connectivity index (χ1n) is 12.2. The Morgan fingerprint density at radius 1 is 0.444 bits per heavy atom. The molecule has 0 saturated heterocycles. The van der Waals surface area contributed by atoms with Crippen LogP contribution in [-0.2, 0) is 0 Å². The fourth-order valence-electron chi connectivity index (χ4n) is 5.14. The number of fused-ring (bicyclic) bond motifs is 4. The van der Waals surface area contributed by atoms with E-state index in [1.54, 1.807) is 0 Å². The van der Waals surface area contributed by atoms with Gasteiger partial charge in [0.1, 0.15) is 0 Å². The molecule has 0 saturated carbocycles. The summed E-state index contributed by atoms with van der Waals surface area (Å²) < 4.78 is 2.65. The van der Waals surface area contributed by atoms with E-state index >= 15 is 0 Å². The first kappa shape index (κ1) is 20.9. The van der Waals surface area contributed by atoms with Crippen LogP contribution >= 0.6 is 11.3 Å². The van der Waals surface area contributed by atoms with Crippen LogP contribution in [0.5, 0.6) is 0 Å². The minimum atomic E-state index is 1.08. The predicted octanol–water partition coefficient (Wildman–Crippen LogP) is 10.3. The quantitative estimate of drug-likeness (QED) is 0.266. The maximum absolute atomic E-state index is 3.61. The molecule has 0 aliphatic heterocycles. The summed E-state index contributed by atoms with van der Waals surface area (Å²) in [6.45, 7) is 0. The van der Waals surface area contributed by atoms with Gasteiger partial charge in [0, 0.05) is 31.5 Å². The predicted molar refractivity (Wildman–Crippen MR) is 157 cm³/mol. The normalized spacial score (nSPS) is 11.3. The van der Waals surface area contributed by atoms with Crippen molar-refractivity contribution < 1.29 is 0 Å². The van der Waals surface area contributed by atoms with E-state index in [-0.39, 0.29) is 0 Å². The topological polar surface area (TPSA) is 12.0 Å². The summed E-state index contributed by atoms with van der Waals surface area (Å²) in [6, 6.07) is 47.9. The lowest BCUT2D eigenvalue weighted by atomic mass is 9.91. The molecule has 170 valence electrons. The summed E-state index contributed by atoms with van der Waals surface area (Å²) in [6.07, 6.45) is 0. The smallest absolute Gasteiger partial charge is 0.0391 e. The van der Waals surface area contributed by atoms with Gasteiger partial charge >= 0.3 is 0 Å². The van der Waals surface area contributed by atoms with Crippen molar-refractivity contribution in [2.75, 3.05) is 5.32 Å². The van der Waals surface area contributed by atoms with Gasteiger partial charge in [-0.2, -0.15) is 0 Å². The average Bonchev–Trinajstić information content (AvgIpc) is 3.31. The van der Waals surface area contributed by atoms with E-state index in [0.717, 1.165) is 11.4 Å². The van der Waals surface area contributed by atoms with Gasteiger partial charge < -0.3 is 5.32 Å². The second-order valence-corrected chi connectivity index (χ2v) is 10.2. The molecule has 1 N–H and O–H groups in total. The third-order valence-corrected chi connectivity index (χ3v) is 8.00. The van der Waals surface area contributed by atoms with E-state index in [0.29, 0.717) is 0 Å². The van der Waals surface area contributed by atoms with Gasteiger partial charge in [0.25, 0.3) is 0 Å². The Bertz CT molecular complexity index is 1840. The summed E-state index contributed by atoms with van der Waals surface area (Å²) in [5.41, 5.74) is 7.17. The number of benzene rings is 6. The van der Waals surface area contributed by atoms with Crippen molar-refractivity contribution in [2.45, 2.75) is 0 Å². The number of hydrogen-bond acceptors (Lipinski definition) is 2. The highest BCUT2D eigenvalue weighted by Crippen LogP contribution is 2.38. The maximum Gasteiger partial charge on any atom is 0.0391 e. The molecule has 1 aromatic heterocycles. The second-order valence-electron chi connectivity index (χ2n) is 9.09. The second kappa shape index (κ2) is 8.67. The standard InChI is InChI=1S/C34H23NS/c1-2-8-23(9-3-1)28-13-6-10-25-11-7-14-29(34(25)28)24-16-18-26(19-17-24)35-27-20-21-33-31(22-27)30-12-4-5-15-32(30)36-33/h1-22,35H. The van der Waals surface area contributed by atoms with Crippen LogP contribution in [0, 0.1) is 0 Å². The van der Waals surface area contributed by atoms with Crippen molar-refractivity contribution in [3.05, 3.63) is 133 Å². The van der Waals surface area contributed by atoms with Crippen molar-refractivity contribution in [1.29, 1.82) is 0 Å². The van der Waals surface area contributed by atoms with Gasteiger partial charge in [0.05, 0.1) is 0 Å². The summed E-state index contributed by atoms with van der Waals surface area (Å²) in [7, 11) is 0. The first-order chi connectivity index (χ1) is 17.8. The molecule has 0 spiro atoms. The van der Waals surface area contributed by atoms with E-state index in [2.05, 4.69) is 139 Å². The van der Waals surface area contributed by atoms with Gasteiger partial charge in [-0.15, -0.1) is 11.3 Å². The van der Waals surface area contributed by atoms with Crippen LogP contribution in [0.4, 0.5) is 11.4 Å². The minimum absolute atomic E-state index is 1.08. The Balaban J connectivity index is 1.25. The minimum Gasteiger partial charge on any atom is -0.356 e. The molecule has 0 unspecified atom stereocenters. The lowest BCUT2D eigenvalue weighted by molar-refractivity contribution is 1.56. The molecule has 1 nitrogen and oxygen atoms in total. The molecule has 0 fully saturated rings. The van der Waals surface area contributed by atoms with Crippen LogP contribution in [0.2, 0.25) is 0 Å². The molecular weight excluding hydrogens is 454 g/mol. The van der Waals surface area contributed by atoms with Crippen molar-refractivity contribution in [3.8, 4) is 22.3 Å². The maximum atomic E-state index is 3.61. The molecule has 0 amide bonds. The number of hydrogen-bond donors (Lipinski definition) is 1. The molecule has 0 radical (unpaired) electrons. The van der Waals surface area contributed by atoms with Crippen LogP contribution in [0.25, 0.3) is 53.2 Å². The highest BCUT2D eigenvalue weighted by molar-refractivity contribution is 7.25. The molecule has 0 aliphatic carbocycles. The van der Waals surface area contributed by atoms with Crippen molar-refractivity contribution >= 4 is 53.7 Å². The Morgan fingerprint density at radius 3 is 1.86 bits per heavy atom. The van der Waals surface area contributed by atoms with Crippen LogP contribution < -0.4 is 5.32 Å². The number of rotatable bonds is 4. The van der Waals surface area contributed by atoms with Crippen molar-refractivity contribution in [2.24, 2.45) is 0 Å². The summed E-state index contributed by atoms with van der Waals surface area (Å²) in [5.74, 6) is 0. The van der Waals surface area contributed by atoms with Crippen molar-refractivity contribution in [1.82, 2.24) is 0 Å². The molecule has 7 aromatic rings. The van der Waals surface area contributed by atoms with E-state index in [9.17, 15) is 0 Å². The molecular formula is C34H23NS. The summed E-state index contributed by atoms with van der Waals surface area (Å²) in [4.78, 5) is 0. The Kier molecular flexibility index (Phi) is 5.04. The van der Waals surface area contributed by atoms with Gasteiger partial charge in [-0.1, -0.05) is 97.1 Å². The summed E-state index contributed by atoms with van der Waals surface area (Å²) in [5, 5.41) is 8.79. The average molecular weight is 478 g/mol. The van der Waals surface area contributed by atoms with E-state index in [1.807, 2.05) is 11.3 Å². The van der Waals surface area contributed by atoms with Gasteiger partial charge in [-0.05, 0) is 69.4 Å². The third-order valence-electron chi connectivity index (χ3n) is 6.85. The zero-order valence-electron chi connectivity index (χ0n) is 19.6. The Labute approximate surface area is 214 Å². The molecule has 7 rings (SSSR count). The van der Waals surface area contributed by atoms with Gasteiger partial charge in [-0.25, -0.2) is 0 Å². The largest absolute Gasteiger partial charge is 0.356 e. The SMILES string of the molecule is c1ccc(-c2cccc3cccc(-c4ccc(Nc5ccc6sc7ccccc7c6c5)cc4)c23)cc1. The number of anilines is 2. The van der Waals surface area contributed by atoms with Crippen LogP contribution in [-0.4, -0.2) is 0 Å². The van der Waals surface area contributed by atoms with Gasteiger partial charge in [0.2, 0.25) is 0 Å². The number of nitrogens with one attached hydrogen (secondary N) is 1. The molecule has 0 atom stereocenters. The molecule has 1 heterocycles. The zero-order chi connectivity index (χ0) is 23.9. The summed E-state index contributed by atoms with van der Waals surface area (Å²) >= 11 is 1.85. The van der Waals surface area contributed by atoms with E-state index in [1.165, 1.54) is 53.2 Å². The highest BCUT2D eigenvalue weighted by atomic mass is 32.1. The van der Waals surface area contributed by atoms with E-state index < -0.39 is 0 Å². The lowest BCUT2D eigenvalue weighted by Crippen LogP contribution is -1.90. The fraction of sp³-hybridized carbons (Fsp3) is 0. The Morgan fingerprint density at radius 2 is 1.08 bits per heavy atom. The zero-order valence-corrected chi connectivity index (χ0v) is 20.4. The molecule has 0 aliphatic rings. The lowest BCUT2D eigenvalue weighted by Gasteiger charge is -2.13. The van der Waals surface area contributed by atoms with Crippen molar-refractivity contribution in [3.63, 3.8) is 0 Å². The highest BCUT2D eigenvalue weighted by Gasteiger charge is 2.10. The van der Waals surface area contributed by atoms with E-state index in [4.69, 9.17) is 0 Å². The fourth-order valence-corrected chi connectivity index (χ4v) is 6.23. The molecule has 2 heteroatoms. The van der Waals surface area contributed by atoms with Crippen LogP contribution in [0.1, 0.15) is 0 Å². The van der Waals surface area contributed by atoms with Gasteiger partial charge in [0.15, 0.2) is 0 Å². The van der Waals surface area contributed by atoms with Crippen LogP contribution in [0.3, 0.4) is 0 Å². The molecule has 6 aromatic carbocycles. The van der Waals surface area contributed by atoms with Crippen LogP contribution in [0.15, 0.2) is 133 Å².